The molecule has 0 radical (unpaired) electrons. The molecule has 1 aliphatic rings. The molecule has 0 saturated carbocycles. The summed E-state index contributed by atoms with van der Waals surface area (Å²) in [5, 5.41) is 8.23. The van der Waals surface area contributed by atoms with E-state index >= 15 is 0 Å². The second-order valence-corrected chi connectivity index (χ2v) is 9.49. The number of allylic oxidation sites excluding steroid dienone is 1. The van der Waals surface area contributed by atoms with Crippen LogP contribution < -0.4 is 4.74 Å². The van der Waals surface area contributed by atoms with Gasteiger partial charge in [0.15, 0.2) is 0 Å². The molecular weight excluding hydrogens is 456 g/mol. The summed E-state index contributed by atoms with van der Waals surface area (Å²) < 4.78 is 32.5. The molecule has 186 valence electrons. The van der Waals surface area contributed by atoms with Crippen LogP contribution in [-0.2, 0) is 0 Å². The van der Waals surface area contributed by atoms with Gasteiger partial charge in [-0.3, -0.25) is 14.4 Å². The van der Waals surface area contributed by atoms with Crippen LogP contribution in [0.2, 0.25) is 0 Å². The minimum Gasteiger partial charge on any atom is -0.492 e. The van der Waals surface area contributed by atoms with Gasteiger partial charge < -0.3 is 4.74 Å². The Morgan fingerprint density at radius 1 is 1.06 bits per heavy atom. The number of aromatic nitrogens is 2. The first-order chi connectivity index (χ1) is 17.6. The maximum Gasteiger partial charge on any atom is 0.123 e. The Bertz CT molecular complexity index is 1370. The zero-order valence-corrected chi connectivity index (χ0v) is 20.7. The molecule has 0 unspecified atom stereocenters. The largest absolute Gasteiger partial charge is 0.492 e. The number of aryl methyl sites for hydroxylation is 1. The van der Waals surface area contributed by atoms with Gasteiger partial charge in [0, 0.05) is 30.9 Å². The van der Waals surface area contributed by atoms with Crippen molar-refractivity contribution in [3.05, 3.63) is 94.9 Å². The van der Waals surface area contributed by atoms with Crippen LogP contribution in [0, 0.1) is 18.7 Å². The molecule has 0 atom stereocenters. The van der Waals surface area contributed by atoms with Crippen LogP contribution in [0.4, 0.5) is 8.78 Å². The topological polar surface area (TPSA) is 41.1 Å². The van der Waals surface area contributed by atoms with E-state index in [-0.39, 0.29) is 18.4 Å². The summed E-state index contributed by atoms with van der Waals surface area (Å²) in [6.45, 7) is 6.86. The highest BCUT2D eigenvalue weighted by molar-refractivity contribution is 6.00. The quantitative estimate of drug-likeness (QED) is 0.269. The van der Waals surface area contributed by atoms with Gasteiger partial charge >= 0.3 is 0 Å². The molecule has 0 aliphatic carbocycles. The number of hydrogen-bond donors (Lipinski definition) is 1. The van der Waals surface area contributed by atoms with Crippen LogP contribution >= 0.6 is 0 Å². The van der Waals surface area contributed by atoms with E-state index in [2.05, 4.69) is 46.3 Å². The Morgan fingerprint density at radius 2 is 1.83 bits per heavy atom. The van der Waals surface area contributed by atoms with Gasteiger partial charge in [0.05, 0.1) is 18.4 Å². The van der Waals surface area contributed by atoms with Crippen molar-refractivity contribution in [1.82, 2.24) is 15.1 Å². The molecule has 0 bridgehead atoms. The second-order valence-electron chi connectivity index (χ2n) is 9.49. The van der Waals surface area contributed by atoms with Crippen LogP contribution in [0.15, 0.2) is 66.9 Å². The summed E-state index contributed by atoms with van der Waals surface area (Å²) in [7, 11) is 0. The highest BCUT2D eigenvalue weighted by atomic mass is 19.1. The predicted octanol–water partition coefficient (Wildman–Crippen LogP) is 6.66. The van der Waals surface area contributed by atoms with Gasteiger partial charge in [-0.25, -0.2) is 4.39 Å². The third kappa shape index (κ3) is 5.05. The van der Waals surface area contributed by atoms with Crippen LogP contribution in [0.5, 0.6) is 5.75 Å². The van der Waals surface area contributed by atoms with Crippen LogP contribution in [-0.4, -0.2) is 48.0 Å². The lowest BCUT2D eigenvalue weighted by Crippen LogP contribution is -2.49. The van der Waals surface area contributed by atoms with Crippen molar-refractivity contribution < 1.29 is 13.5 Å². The lowest BCUT2D eigenvalue weighted by molar-refractivity contribution is 0.0668. The molecule has 4 nitrogen and oxygen atoms in total. The van der Waals surface area contributed by atoms with E-state index in [9.17, 15) is 8.78 Å². The number of aromatic amines is 1. The minimum atomic E-state index is -0.237. The Kier molecular flexibility index (Phi) is 7.14. The first-order valence-electron chi connectivity index (χ1n) is 12.5. The third-order valence-electron chi connectivity index (χ3n) is 6.97. The Morgan fingerprint density at radius 3 is 2.56 bits per heavy atom. The summed E-state index contributed by atoms with van der Waals surface area (Å²) >= 11 is 0. The van der Waals surface area contributed by atoms with Gasteiger partial charge in [-0.2, -0.15) is 5.10 Å². The third-order valence-corrected chi connectivity index (χ3v) is 6.97. The zero-order chi connectivity index (χ0) is 25.1. The van der Waals surface area contributed by atoms with E-state index in [1.54, 1.807) is 6.07 Å². The average Bonchev–Trinajstić information content (AvgIpc) is 3.33. The van der Waals surface area contributed by atoms with Crippen LogP contribution in [0.1, 0.15) is 35.6 Å². The molecule has 5 rings (SSSR count). The van der Waals surface area contributed by atoms with E-state index in [1.165, 1.54) is 6.07 Å². The van der Waals surface area contributed by atoms with Crippen molar-refractivity contribution in [2.24, 2.45) is 5.92 Å². The Labute approximate surface area is 210 Å². The SMILES string of the molecule is CC/C(=C(/c1ccc(OCCN2CC(CF)C2)cc1)c1ccc2[nH]ncc2c1)c1ccc(F)cc1C. The van der Waals surface area contributed by atoms with E-state index < -0.39 is 0 Å². The normalized spacial score (nSPS) is 15.1. The molecule has 1 fully saturated rings. The molecule has 6 heteroatoms. The summed E-state index contributed by atoms with van der Waals surface area (Å²) in [5.41, 5.74) is 7.36. The van der Waals surface area contributed by atoms with Gasteiger partial charge in [0.2, 0.25) is 0 Å². The van der Waals surface area contributed by atoms with E-state index in [4.69, 9.17) is 4.74 Å². The lowest BCUT2D eigenvalue weighted by Gasteiger charge is -2.37. The Balaban J connectivity index is 1.47. The standard InChI is InChI=1S/C30H31F2N3O/c1-3-27(28-10-7-25(32)14-20(28)2)30(23-6-11-29-24(15-23)17-33-34-29)22-4-8-26(9-5-22)36-13-12-35-18-21(16-31)19-35/h4-11,14-15,17,21H,3,12-13,16,18-19H2,1-2H3,(H,33,34)/b30-27+. The molecule has 1 aliphatic heterocycles. The van der Waals surface area contributed by atoms with E-state index in [1.807, 2.05) is 37.4 Å². The highest BCUT2D eigenvalue weighted by Crippen LogP contribution is 2.37. The van der Waals surface area contributed by atoms with Crippen molar-refractivity contribution in [1.29, 1.82) is 0 Å². The van der Waals surface area contributed by atoms with Crippen molar-refractivity contribution in [2.75, 3.05) is 32.9 Å². The summed E-state index contributed by atoms with van der Waals surface area (Å²) in [6.07, 6.45) is 2.62. The fourth-order valence-corrected chi connectivity index (χ4v) is 5.05. The minimum absolute atomic E-state index is 0.188. The van der Waals surface area contributed by atoms with Crippen molar-refractivity contribution in [3.8, 4) is 5.75 Å². The number of alkyl halides is 1. The number of hydrogen-bond acceptors (Lipinski definition) is 3. The first-order valence-corrected chi connectivity index (χ1v) is 12.5. The molecular formula is C30H31F2N3O. The summed E-state index contributed by atoms with van der Waals surface area (Å²) in [5.74, 6) is 0.767. The zero-order valence-electron chi connectivity index (χ0n) is 20.7. The molecule has 36 heavy (non-hydrogen) atoms. The number of nitrogens with one attached hydrogen (secondary N) is 1. The average molecular weight is 488 g/mol. The number of nitrogens with zero attached hydrogens (tertiary/aromatic N) is 2. The molecule has 1 aromatic heterocycles. The van der Waals surface area contributed by atoms with Gasteiger partial charge in [0.25, 0.3) is 0 Å². The number of fused-ring (bicyclic) bond motifs is 1. The maximum absolute atomic E-state index is 13.9. The number of likely N-dealkylation sites (tertiary alicyclic amines) is 1. The molecule has 0 spiro atoms. The van der Waals surface area contributed by atoms with Gasteiger partial charge in [-0.1, -0.05) is 31.2 Å². The molecule has 1 N–H and O–H groups in total. The van der Waals surface area contributed by atoms with E-state index in [0.29, 0.717) is 6.61 Å². The highest BCUT2D eigenvalue weighted by Gasteiger charge is 2.25. The molecule has 3 aromatic carbocycles. The monoisotopic (exact) mass is 487 g/mol. The van der Waals surface area contributed by atoms with Crippen LogP contribution in [0.25, 0.3) is 22.0 Å². The van der Waals surface area contributed by atoms with Gasteiger partial charge in [-0.05, 0) is 83.1 Å². The Hall–Kier alpha value is -3.51. The van der Waals surface area contributed by atoms with Crippen molar-refractivity contribution in [2.45, 2.75) is 20.3 Å². The van der Waals surface area contributed by atoms with Crippen LogP contribution in [0.3, 0.4) is 0 Å². The van der Waals surface area contributed by atoms with E-state index in [0.717, 1.165) is 76.1 Å². The fraction of sp³-hybridized carbons (Fsp3) is 0.300. The number of rotatable bonds is 9. The fourth-order valence-electron chi connectivity index (χ4n) is 5.05. The summed E-state index contributed by atoms with van der Waals surface area (Å²) in [6, 6.07) is 19.4. The number of H-pyrrole nitrogens is 1. The van der Waals surface area contributed by atoms with Crippen molar-refractivity contribution in [3.63, 3.8) is 0 Å². The first kappa shape index (κ1) is 24.2. The second kappa shape index (κ2) is 10.6. The number of halogens is 2. The summed E-state index contributed by atoms with van der Waals surface area (Å²) in [4.78, 5) is 2.21. The predicted molar refractivity (Wildman–Crippen MR) is 141 cm³/mol. The number of ether oxygens (including phenoxy) is 1. The van der Waals surface area contributed by atoms with Gasteiger partial charge in [-0.15, -0.1) is 0 Å². The smallest absolute Gasteiger partial charge is 0.123 e. The molecule has 1 saturated heterocycles. The number of benzene rings is 3. The van der Waals surface area contributed by atoms with Gasteiger partial charge in [0.1, 0.15) is 18.2 Å². The van der Waals surface area contributed by atoms with Crippen molar-refractivity contribution >= 4 is 22.0 Å². The molecule has 0 amide bonds. The molecule has 4 aromatic rings. The lowest BCUT2D eigenvalue weighted by atomic mass is 9.86. The maximum atomic E-state index is 13.9. The molecule has 2 heterocycles.